The van der Waals surface area contributed by atoms with Crippen molar-refractivity contribution in [1.82, 2.24) is 0 Å². The molecule has 6 heteroatoms. The summed E-state index contributed by atoms with van der Waals surface area (Å²) in [5.41, 5.74) is 6.00. The first-order chi connectivity index (χ1) is 9.04. The third-order valence-electron chi connectivity index (χ3n) is 2.32. The average Bonchev–Trinajstić information content (AvgIpc) is 2.36. The van der Waals surface area contributed by atoms with Crippen LogP contribution in [0.3, 0.4) is 0 Å². The number of unbranched alkanes of at least 4 members (excludes halogenated alkanes) is 1. The molecule has 0 fully saturated rings. The molecule has 1 rings (SSSR count). The third-order valence-corrected chi connectivity index (χ3v) is 2.55. The summed E-state index contributed by atoms with van der Waals surface area (Å²) in [5, 5.41) is 0.424. The van der Waals surface area contributed by atoms with Crippen LogP contribution in [0.4, 0.5) is 5.69 Å². The summed E-state index contributed by atoms with van der Waals surface area (Å²) in [6.07, 6.45) is 1.71. The minimum Gasteiger partial charge on any atom is -0.463 e. The number of nitrogen functional groups attached to an aromatic ring is 1. The fourth-order valence-electron chi connectivity index (χ4n) is 1.29. The fraction of sp³-hybridized carbons (Fsp3) is 0.385. The molecule has 1 aromatic rings. The second-order valence-electron chi connectivity index (χ2n) is 3.88. The number of ether oxygens (including phenoxy) is 2. The molecule has 104 valence electrons. The molecule has 0 spiro atoms. The summed E-state index contributed by atoms with van der Waals surface area (Å²) in [7, 11) is 0. The van der Waals surface area contributed by atoms with Gasteiger partial charge in [-0.05, 0) is 24.6 Å². The molecule has 0 radical (unpaired) electrons. The van der Waals surface area contributed by atoms with E-state index in [4.69, 9.17) is 26.8 Å². The van der Waals surface area contributed by atoms with Gasteiger partial charge in [0.2, 0.25) is 0 Å². The van der Waals surface area contributed by atoms with E-state index in [0.717, 1.165) is 12.8 Å². The van der Waals surface area contributed by atoms with Gasteiger partial charge in [-0.1, -0.05) is 24.9 Å². The Morgan fingerprint density at radius 3 is 2.68 bits per heavy atom. The van der Waals surface area contributed by atoms with Gasteiger partial charge in [0, 0.05) is 10.7 Å². The molecule has 0 bridgehead atoms. The lowest BCUT2D eigenvalue weighted by Crippen LogP contribution is -2.17. The van der Waals surface area contributed by atoms with Crippen molar-refractivity contribution >= 4 is 29.2 Å². The molecule has 1 aromatic carbocycles. The van der Waals surface area contributed by atoms with Gasteiger partial charge >= 0.3 is 11.9 Å². The number of anilines is 1. The fourth-order valence-corrected chi connectivity index (χ4v) is 1.47. The van der Waals surface area contributed by atoms with Crippen LogP contribution < -0.4 is 5.73 Å². The number of rotatable bonds is 6. The maximum Gasteiger partial charge on any atom is 0.344 e. The van der Waals surface area contributed by atoms with Crippen molar-refractivity contribution in [3.8, 4) is 0 Å². The van der Waals surface area contributed by atoms with Gasteiger partial charge in [0.1, 0.15) is 0 Å². The Kier molecular flexibility index (Phi) is 6.15. The van der Waals surface area contributed by atoms with Crippen molar-refractivity contribution in [3.05, 3.63) is 28.8 Å². The molecular formula is C13H16ClNO4. The molecule has 0 aliphatic heterocycles. The molecule has 2 N–H and O–H groups in total. The van der Waals surface area contributed by atoms with Crippen molar-refractivity contribution < 1.29 is 19.1 Å². The lowest BCUT2D eigenvalue weighted by atomic mass is 10.2. The zero-order chi connectivity index (χ0) is 14.3. The lowest BCUT2D eigenvalue weighted by Gasteiger charge is -2.07. The molecule has 0 atom stereocenters. The van der Waals surface area contributed by atoms with Crippen LogP contribution in [0.15, 0.2) is 18.2 Å². The average molecular weight is 286 g/mol. The number of carbonyl (C=O) groups is 2. The van der Waals surface area contributed by atoms with Crippen molar-refractivity contribution in [1.29, 1.82) is 0 Å². The zero-order valence-corrected chi connectivity index (χ0v) is 11.4. The largest absolute Gasteiger partial charge is 0.463 e. The monoisotopic (exact) mass is 285 g/mol. The number of halogens is 1. The van der Waals surface area contributed by atoms with E-state index >= 15 is 0 Å². The molecule has 0 saturated heterocycles. The molecule has 0 aliphatic carbocycles. The van der Waals surface area contributed by atoms with Gasteiger partial charge in [0.15, 0.2) is 6.61 Å². The summed E-state index contributed by atoms with van der Waals surface area (Å²) in [4.78, 5) is 22.9. The Morgan fingerprint density at radius 2 is 2.05 bits per heavy atom. The number of carbonyl (C=O) groups excluding carboxylic acids is 2. The highest BCUT2D eigenvalue weighted by atomic mass is 35.5. The SMILES string of the molecule is CCCCOC(=O)COC(=O)c1ccc(Cl)cc1N. The van der Waals surface area contributed by atoms with E-state index in [9.17, 15) is 9.59 Å². The second kappa shape index (κ2) is 7.63. The van der Waals surface area contributed by atoms with E-state index in [-0.39, 0.29) is 11.3 Å². The van der Waals surface area contributed by atoms with Crippen LogP contribution in [0, 0.1) is 0 Å². The number of esters is 2. The number of benzene rings is 1. The predicted molar refractivity (Wildman–Crippen MR) is 72.0 cm³/mol. The summed E-state index contributed by atoms with van der Waals surface area (Å²) < 4.78 is 9.65. The lowest BCUT2D eigenvalue weighted by molar-refractivity contribution is -0.147. The predicted octanol–water partition coefficient (Wildman–Crippen LogP) is 2.42. The molecule has 0 aromatic heterocycles. The van der Waals surface area contributed by atoms with E-state index in [1.165, 1.54) is 18.2 Å². The van der Waals surface area contributed by atoms with E-state index in [0.29, 0.717) is 11.6 Å². The molecule has 0 amide bonds. The Balaban J connectivity index is 2.45. The van der Waals surface area contributed by atoms with E-state index < -0.39 is 18.5 Å². The standard InChI is InChI=1S/C13H16ClNO4/c1-2-3-6-18-12(16)8-19-13(17)10-5-4-9(14)7-11(10)15/h4-5,7H,2-3,6,8,15H2,1H3. The summed E-state index contributed by atoms with van der Waals surface area (Å²) in [6, 6.07) is 4.41. The van der Waals surface area contributed by atoms with E-state index in [1.807, 2.05) is 6.92 Å². The zero-order valence-electron chi connectivity index (χ0n) is 10.6. The third kappa shape index (κ3) is 5.18. The van der Waals surface area contributed by atoms with Crippen LogP contribution in [0.5, 0.6) is 0 Å². The molecule has 0 heterocycles. The summed E-state index contributed by atoms with van der Waals surface area (Å²) >= 11 is 5.71. The van der Waals surface area contributed by atoms with Crippen LogP contribution in [0.25, 0.3) is 0 Å². The number of nitrogens with two attached hydrogens (primary N) is 1. The van der Waals surface area contributed by atoms with E-state index in [1.54, 1.807) is 0 Å². The Hall–Kier alpha value is -1.75. The van der Waals surface area contributed by atoms with Crippen molar-refractivity contribution in [3.63, 3.8) is 0 Å². The highest BCUT2D eigenvalue weighted by molar-refractivity contribution is 6.31. The van der Waals surface area contributed by atoms with Crippen molar-refractivity contribution in [2.75, 3.05) is 18.9 Å². The Bertz CT molecular complexity index is 462. The first-order valence-corrected chi connectivity index (χ1v) is 6.30. The molecule has 5 nitrogen and oxygen atoms in total. The van der Waals surface area contributed by atoms with Crippen molar-refractivity contribution in [2.45, 2.75) is 19.8 Å². The second-order valence-corrected chi connectivity index (χ2v) is 4.32. The normalized spacial score (nSPS) is 10.0. The van der Waals surface area contributed by atoms with Gasteiger partial charge in [-0.25, -0.2) is 9.59 Å². The highest BCUT2D eigenvalue weighted by Crippen LogP contribution is 2.18. The van der Waals surface area contributed by atoms with Gasteiger partial charge in [-0.2, -0.15) is 0 Å². The van der Waals surface area contributed by atoms with Crippen LogP contribution in [-0.4, -0.2) is 25.2 Å². The van der Waals surface area contributed by atoms with Crippen LogP contribution in [-0.2, 0) is 14.3 Å². The van der Waals surface area contributed by atoms with Gasteiger partial charge in [-0.3, -0.25) is 0 Å². The molecule has 0 saturated carbocycles. The smallest absolute Gasteiger partial charge is 0.344 e. The van der Waals surface area contributed by atoms with Gasteiger partial charge in [0.05, 0.1) is 12.2 Å². The van der Waals surface area contributed by atoms with Crippen molar-refractivity contribution in [2.24, 2.45) is 0 Å². The minimum atomic E-state index is -0.679. The van der Waals surface area contributed by atoms with Gasteiger partial charge < -0.3 is 15.2 Å². The summed E-state index contributed by atoms with van der Waals surface area (Å²) in [6.45, 7) is 1.89. The minimum absolute atomic E-state index is 0.172. The van der Waals surface area contributed by atoms with E-state index in [2.05, 4.69) is 0 Å². The molecule has 0 unspecified atom stereocenters. The maximum absolute atomic E-state index is 11.7. The topological polar surface area (TPSA) is 78.6 Å². The number of hydrogen-bond donors (Lipinski definition) is 1. The van der Waals surface area contributed by atoms with Gasteiger partial charge in [0.25, 0.3) is 0 Å². The van der Waals surface area contributed by atoms with Crippen LogP contribution in [0.2, 0.25) is 5.02 Å². The Morgan fingerprint density at radius 1 is 1.32 bits per heavy atom. The quantitative estimate of drug-likeness (QED) is 0.493. The summed E-state index contributed by atoms with van der Waals surface area (Å²) in [5.74, 6) is -1.25. The highest BCUT2D eigenvalue weighted by Gasteiger charge is 2.13. The Labute approximate surface area is 116 Å². The van der Waals surface area contributed by atoms with Crippen LogP contribution in [0.1, 0.15) is 30.1 Å². The van der Waals surface area contributed by atoms with Gasteiger partial charge in [-0.15, -0.1) is 0 Å². The first-order valence-electron chi connectivity index (χ1n) is 5.92. The molecule has 0 aliphatic rings. The molecular weight excluding hydrogens is 270 g/mol. The molecule has 19 heavy (non-hydrogen) atoms. The van der Waals surface area contributed by atoms with Crippen LogP contribution >= 0.6 is 11.6 Å². The first kappa shape index (κ1) is 15.3. The number of hydrogen-bond acceptors (Lipinski definition) is 5. The maximum atomic E-state index is 11.7.